The fourth-order valence-electron chi connectivity index (χ4n) is 3.78. The fraction of sp³-hybridized carbons (Fsp3) is 0.786. The predicted molar refractivity (Wildman–Crippen MR) is 63.6 cm³/mol. The van der Waals surface area contributed by atoms with Gasteiger partial charge in [0.1, 0.15) is 0 Å². The highest BCUT2D eigenvalue weighted by molar-refractivity contribution is 5.66. The molecule has 0 aromatic heterocycles. The fourth-order valence-corrected chi connectivity index (χ4v) is 3.78. The number of carbonyl (C=O) groups is 1. The number of hydrogen-bond acceptors (Lipinski definition) is 2. The number of hydrogen-bond donors (Lipinski definition) is 0. The number of carbonyl (C=O) groups excluding carboxylic acids is 1. The lowest BCUT2D eigenvalue weighted by Gasteiger charge is -2.39. The van der Waals surface area contributed by atoms with Gasteiger partial charge in [-0.15, -0.1) is 0 Å². The summed E-state index contributed by atoms with van der Waals surface area (Å²) >= 11 is 0. The summed E-state index contributed by atoms with van der Waals surface area (Å²) in [7, 11) is 0. The van der Waals surface area contributed by atoms with E-state index in [0.717, 1.165) is 24.2 Å². The van der Waals surface area contributed by atoms with Crippen LogP contribution in [0.25, 0.3) is 0 Å². The molecule has 16 heavy (non-hydrogen) atoms. The molecule has 2 bridgehead atoms. The average molecular weight is 222 g/mol. The maximum absolute atomic E-state index is 10.6. The van der Waals surface area contributed by atoms with Crippen LogP contribution in [0, 0.1) is 23.2 Å². The Bertz CT molecular complexity index is 304. The predicted octanol–water partition coefficient (Wildman–Crippen LogP) is 3.53. The van der Waals surface area contributed by atoms with Gasteiger partial charge in [0.25, 0.3) is 0 Å². The Morgan fingerprint density at radius 3 is 2.81 bits per heavy atom. The monoisotopic (exact) mass is 222 g/mol. The van der Waals surface area contributed by atoms with E-state index < -0.39 is 0 Å². The first-order chi connectivity index (χ1) is 7.54. The van der Waals surface area contributed by atoms with Crippen molar-refractivity contribution < 1.29 is 9.53 Å². The maximum Gasteiger partial charge on any atom is 0.307 e. The van der Waals surface area contributed by atoms with E-state index in [1.807, 2.05) is 6.08 Å². The van der Waals surface area contributed by atoms with Crippen molar-refractivity contribution in [2.24, 2.45) is 23.2 Å². The van der Waals surface area contributed by atoms with Gasteiger partial charge in [-0.05, 0) is 54.9 Å². The van der Waals surface area contributed by atoms with Crippen LogP contribution in [-0.4, -0.2) is 5.97 Å². The molecule has 90 valence electrons. The van der Waals surface area contributed by atoms with Crippen LogP contribution in [0.15, 0.2) is 12.3 Å². The third-order valence-corrected chi connectivity index (χ3v) is 5.04. The number of esters is 1. The molecule has 0 radical (unpaired) electrons. The van der Waals surface area contributed by atoms with Gasteiger partial charge in [-0.2, -0.15) is 0 Å². The molecule has 4 unspecified atom stereocenters. The lowest BCUT2D eigenvalue weighted by atomic mass is 9.66. The van der Waals surface area contributed by atoms with E-state index in [9.17, 15) is 4.79 Å². The van der Waals surface area contributed by atoms with Gasteiger partial charge in [0, 0.05) is 6.92 Å². The molecule has 2 aliphatic rings. The second kappa shape index (κ2) is 4.23. The molecule has 2 fully saturated rings. The van der Waals surface area contributed by atoms with E-state index in [0.29, 0.717) is 5.41 Å². The summed E-state index contributed by atoms with van der Waals surface area (Å²) in [6, 6.07) is 0. The maximum atomic E-state index is 10.6. The van der Waals surface area contributed by atoms with E-state index in [4.69, 9.17) is 4.74 Å². The van der Waals surface area contributed by atoms with Crippen molar-refractivity contribution in [1.29, 1.82) is 0 Å². The van der Waals surface area contributed by atoms with Crippen LogP contribution in [0.4, 0.5) is 0 Å². The molecule has 4 atom stereocenters. The molecule has 2 heteroatoms. The summed E-state index contributed by atoms with van der Waals surface area (Å²) in [6.45, 7) is 6.23. The van der Waals surface area contributed by atoms with Gasteiger partial charge in [-0.3, -0.25) is 4.79 Å². The van der Waals surface area contributed by atoms with Gasteiger partial charge < -0.3 is 4.74 Å². The topological polar surface area (TPSA) is 26.3 Å². The number of rotatable bonds is 3. The zero-order chi connectivity index (χ0) is 11.8. The SMILES string of the molecule is CC(=O)OC=CCC1(C)C2CCC(C2)C1C. The Morgan fingerprint density at radius 1 is 1.50 bits per heavy atom. The summed E-state index contributed by atoms with van der Waals surface area (Å²) in [5, 5.41) is 0. The summed E-state index contributed by atoms with van der Waals surface area (Å²) < 4.78 is 4.84. The van der Waals surface area contributed by atoms with Crippen LogP contribution in [0.2, 0.25) is 0 Å². The minimum Gasteiger partial charge on any atom is -0.435 e. The Balaban J connectivity index is 1.93. The van der Waals surface area contributed by atoms with Gasteiger partial charge in [-0.1, -0.05) is 13.8 Å². The zero-order valence-electron chi connectivity index (χ0n) is 10.5. The van der Waals surface area contributed by atoms with Crippen molar-refractivity contribution in [3.8, 4) is 0 Å². The van der Waals surface area contributed by atoms with Crippen LogP contribution in [0.5, 0.6) is 0 Å². The largest absolute Gasteiger partial charge is 0.435 e. The van der Waals surface area contributed by atoms with E-state index >= 15 is 0 Å². The molecular formula is C14H22O2. The summed E-state index contributed by atoms with van der Waals surface area (Å²) in [6.07, 6.45) is 8.87. The Morgan fingerprint density at radius 2 is 2.25 bits per heavy atom. The number of allylic oxidation sites excluding steroid dienone is 1. The Kier molecular flexibility index (Phi) is 3.09. The molecule has 0 spiro atoms. The van der Waals surface area contributed by atoms with Crippen LogP contribution in [0.3, 0.4) is 0 Å². The third kappa shape index (κ3) is 1.90. The molecule has 2 aliphatic carbocycles. The molecule has 0 amide bonds. The molecule has 0 aliphatic heterocycles. The zero-order valence-corrected chi connectivity index (χ0v) is 10.5. The van der Waals surface area contributed by atoms with Crippen molar-refractivity contribution in [2.75, 3.05) is 0 Å². The highest BCUT2D eigenvalue weighted by Crippen LogP contribution is 2.60. The molecule has 0 aromatic carbocycles. The summed E-state index contributed by atoms with van der Waals surface area (Å²) in [5.74, 6) is 2.40. The Labute approximate surface area is 98.1 Å². The van der Waals surface area contributed by atoms with Gasteiger partial charge in [0.05, 0.1) is 6.26 Å². The van der Waals surface area contributed by atoms with E-state index in [2.05, 4.69) is 13.8 Å². The van der Waals surface area contributed by atoms with Crippen molar-refractivity contribution in [3.05, 3.63) is 12.3 Å². The molecule has 2 nitrogen and oxygen atoms in total. The molecule has 0 heterocycles. The Hall–Kier alpha value is -0.790. The van der Waals surface area contributed by atoms with Gasteiger partial charge in [0.2, 0.25) is 0 Å². The molecule has 0 N–H and O–H groups in total. The quantitative estimate of drug-likeness (QED) is 0.539. The number of ether oxygens (including phenoxy) is 1. The molecule has 2 saturated carbocycles. The highest BCUT2D eigenvalue weighted by Gasteiger charge is 2.52. The van der Waals surface area contributed by atoms with Gasteiger partial charge in [-0.25, -0.2) is 0 Å². The van der Waals surface area contributed by atoms with Crippen LogP contribution >= 0.6 is 0 Å². The lowest BCUT2D eigenvalue weighted by molar-refractivity contribution is -0.135. The van der Waals surface area contributed by atoms with Gasteiger partial charge in [0.15, 0.2) is 0 Å². The second-order valence-corrected chi connectivity index (χ2v) is 5.75. The van der Waals surface area contributed by atoms with E-state index in [1.54, 1.807) is 6.26 Å². The normalized spacial score (nSPS) is 41.8. The van der Waals surface area contributed by atoms with Crippen molar-refractivity contribution in [1.82, 2.24) is 0 Å². The lowest BCUT2D eigenvalue weighted by Crippen LogP contribution is -2.31. The van der Waals surface area contributed by atoms with Gasteiger partial charge >= 0.3 is 5.97 Å². The molecular weight excluding hydrogens is 200 g/mol. The second-order valence-electron chi connectivity index (χ2n) is 5.75. The number of fused-ring (bicyclic) bond motifs is 2. The first kappa shape index (κ1) is 11.7. The smallest absolute Gasteiger partial charge is 0.307 e. The van der Waals surface area contributed by atoms with Crippen LogP contribution in [0.1, 0.15) is 46.5 Å². The van der Waals surface area contributed by atoms with Crippen molar-refractivity contribution >= 4 is 5.97 Å². The van der Waals surface area contributed by atoms with Crippen LogP contribution in [-0.2, 0) is 9.53 Å². The van der Waals surface area contributed by atoms with E-state index in [1.165, 1.54) is 26.2 Å². The minimum atomic E-state index is -0.234. The first-order valence-electron chi connectivity index (χ1n) is 6.36. The molecule has 2 rings (SSSR count). The average Bonchev–Trinajstić information content (AvgIpc) is 2.78. The van der Waals surface area contributed by atoms with Crippen LogP contribution < -0.4 is 0 Å². The molecule has 0 aromatic rings. The minimum absolute atomic E-state index is 0.234. The first-order valence-corrected chi connectivity index (χ1v) is 6.36. The highest BCUT2D eigenvalue weighted by atomic mass is 16.5. The summed E-state index contributed by atoms with van der Waals surface area (Å²) in [5.41, 5.74) is 0.430. The van der Waals surface area contributed by atoms with Crippen molar-refractivity contribution in [3.63, 3.8) is 0 Å². The standard InChI is InChI=1S/C14H22O2/c1-10-12-5-6-13(9-12)14(10,3)7-4-8-16-11(2)15/h4,8,10,12-13H,5-7,9H2,1-3H3. The molecule has 0 saturated heterocycles. The van der Waals surface area contributed by atoms with Crippen molar-refractivity contribution in [2.45, 2.75) is 46.5 Å². The van der Waals surface area contributed by atoms with E-state index in [-0.39, 0.29) is 5.97 Å². The third-order valence-electron chi connectivity index (χ3n) is 5.04. The summed E-state index contributed by atoms with van der Waals surface area (Å²) in [4.78, 5) is 10.6.